The third-order valence-corrected chi connectivity index (χ3v) is 31.0. The van der Waals surface area contributed by atoms with Crippen molar-refractivity contribution in [2.24, 2.45) is 56.7 Å². The van der Waals surface area contributed by atoms with Crippen LogP contribution in [0.15, 0.2) is 330 Å². The van der Waals surface area contributed by atoms with Crippen LogP contribution in [0.5, 0.6) is 69.0 Å². The lowest BCUT2D eigenvalue weighted by Gasteiger charge is -2.15. The summed E-state index contributed by atoms with van der Waals surface area (Å²) in [6, 6.07) is 61.0. The molecule has 8 N–H and O–H groups in total. The van der Waals surface area contributed by atoms with Gasteiger partial charge in [-0.3, -0.25) is 28.8 Å². The fourth-order valence-corrected chi connectivity index (χ4v) is 20.6. The smallest absolute Gasteiger partial charge is 0.338 e. The normalized spacial score (nSPS) is 20.8. The monoisotopic (exact) mass is 2000 g/mol. The molecule has 0 radical (unpaired) electrons. The Morgan fingerprint density at radius 3 is 0.829 bits per heavy atom. The molecule has 734 valence electrons. The molecule has 0 spiro atoms. The minimum atomic E-state index is -4.19. The van der Waals surface area contributed by atoms with Crippen molar-refractivity contribution in [2.75, 3.05) is 20.8 Å². The molecule has 10 aromatic carbocycles. The van der Waals surface area contributed by atoms with Gasteiger partial charge in [-0.2, -0.15) is 0 Å². The highest BCUT2D eigenvalue weighted by Gasteiger charge is 2.59. The van der Waals surface area contributed by atoms with Crippen LogP contribution in [0.4, 0.5) is 0 Å². The Morgan fingerprint density at radius 2 is 0.571 bits per heavy atom. The van der Waals surface area contributed by atoms with Crippen LogP contribution in [0.1, 0.15) is 105 Å². The average molecular weight is 2010 g/mol. The highest BCUT2D eigenvalue weighted by Crippen LogP contribution is 2.57. The summed E-state index contributed by atoms with van der Waals surface area (Å²) in [4.78, 5) is 96.2. The maximum atomic E-state index is 12.9. The van der Waals surface area contributed by atoms with Gasteiger partial charge in [0.05, 0.1) is 51.9 Å². The molecule has 10 aromatic rings. The van der Waals surface area contributed by atoms with E-state index in [9.17, 15) is 85.6 Å². The molecule has 0 unspecified atom stereocenters. The fraction of sp³-hybridized carbons (Fsp3) is 0.235. The summed E-state index contributed by atoms with van der Waals surface area (Å²) in [5, 5.41) is 21.1. The predicted molar refractivity (Wildman–Crippen MR) is 518 cm³/mol. The molecule has 5 aliphatic carbocycles. The molecule has 38 heteroatoms. The number of aromatic hydroxyl groups is 1. The second kappa shape index (κ2) is 43.4. The Hall–Kier alpha value is -15.0. The molecule has 15 rings (SSSR count). The second-order valence-corrected chi connectivity index (χ2v) is 42.4. The van der Waals surface area contributed by atoms with Crippen molar-refractivity contribution < 1.29 is 124 Å². The molecular formula is C102H104N6O27S5. The third-order valence-electron chi connectivity index (χ3n) is 24.1. The van der Waals surface area contributed by atoms with E-state index >= 15 is 0 Å². The number of amides is 6. The first kappa shape index (κ1) is 105. The number of hydrogen-bond donors (Lipinski definition) is 8. The van der Waals surface area contributed by atoms with Crippen molar-refractivity contribution >= 4 is 97.5 Å². The first-order valence-corrected chi connectivity index (χ1v) is 50.8. The number of para-hydroxylation sites is 5. The molecule has 140 heavy (non-hydrogen) atoms. The standard InChI is InChI=1S/C22H23NO6S.C21H22N2O5S.C20H19NO6S.C20H21NO5S.C19H19NO5S/c1-4-16-14-22(16,3)21(25)23-30(26,27)19-12-7-6-11-18(19)29-17-10-8-9-15(13-17)20(24)28-5-2;1-4-15-13-21(15,2)20(25)23-29(26,27)18-11-6-5-10-17(18)28-16-9-7-8-14(12-16)19(24)22-3;1-3-14-12-20(14,2)19(24)21-28(25,26)17-10-5-4-9-16(17)27-15-8-6-7-13(11-15)18(22)23;1-4-14-13-20(14,2)19(22)21-27(23,24)18-11-6-5-10-17(18)26-16-9-7-8-15(12-16)25-3;1-3-13-12-19(13,2)18(22)20-26(23,24)17-10-5-4-9-16(17)25-15-8-6-7-14(21)11-15/h4,6-13,16H,1,5,14H2,2-3H3,(H,23,25);4-12,15H,1,13H2,2-3H3,(H,22,24)(H,23,25);3-11,14H,1,12H2,2H3,(H,21,24)(H,22,23);4-12,14H,1,13H2,2-3H3,(H,21,22);3-11,13,21H,1,12H2,2H3,(H,20,22)/t16-,22+;15-,21+;2*14-,20+;13-,19+/m11111/s1. The average Bonchev–Trinajstić information content (AvgIpc) is 1.61. The van der Waals surface area contributed by atoms with Crippen molar-refractivity contribution in [3.05, 3.63) is 323 Å². The Morgan fingerprint density at radius 1 is 0.336 bits per heavy atom. The number of esters is 1. The number of carbonyl (C=O) groups excluding carboxylic acids is 7. The zero-order chi connectivity index (χ0) is 102. The van der Waals surface area contributed by atoms with Gasteiger partial charge < -0.3 is 48.7 Å². The SMILES string of the molecule is C=C[C@@H]1C[C@]1(C)C(=O)NS(=O)(=O)c1ccccc1Oc1cccc(C(=O)NC)c1.C=C[C@@H]1C[C@]1(C)C(=O)NS(=O)(=O)c1ccccc1Oc1cccc(C(=O)O)c1.C=C[C@@H]1C[C@]1(C)C(=O)NS(=O)(=O)c1ccccc1Oc1cccc(C(=O)OCC)c1.C=C[C@@H]1C[C@]1(C)C(=O)NS(=O)(=O)c1ccccc1Oc1cccc(O)c1.C=C[C@@H]1C[C@]1(C)C(=O)NS(=O)(=O)c1ccccc1Oc1cccc(OC)c1. The summed E-state index contributed by atoms with van der Waals surface area (Å²) in [7, 11) is -17.7. The molecule has 5 aliphatic rings. The number of sulfonamides is 5. The lowest BCUT2D eigenvalue weighted by Crippen LogP contribution is -2.36. The summed E-state index contributed by atoms with van der Waals surface area (Å²) in [5.74, 6) is -2.77. The number of rotatable bonds is 35. The number of phenolic OH excluding ortho intramolecular Hbond substituents is 1. The van der Waals surface area contributed by atoms with Crippen LogP contribution in [-0.2, 0) is 78.8 Å². The number of carboxylic acids is 1. The van der Waals surface area contributed by atoms with Crippen molar-refractivity contribution in [3.8, 4) is 69.0 Å². The van der Waals surface area contributed by atoms with E-state index < -0.39 is 119 Å². The molecule has 0 aromatic heterocycles. The summed E-state index contributed by atoms with van der Waals surface area (Å²) >= 11 is 0. The van der Waals surface area contributed by atoms with E-state index in [-0.39, 0.29) is 129 Å². The predicted octanol–water partition coefficient (Wildman–Crippen LogP) is 16.4. The quantitative estimate of drug-likeness (QED) is 0.0135. The lowest BCUT2D eigenvalue weighted by atomic mass is 10.1. The maximum absolute atomic E-state index is 12.9. The summed E-state index contributed by atoms with van der Waals surface area (Å²) in [6.45, 7) is 28.8. The number of aromatic carboxylic acids is 1. The van der Waals surface area contributed by atoms with Gasteiger partial charge in [-0.15, -0.1) is 32.9 Å². The van der Waals surface area contributed by atoms with E-state index in [1.807, 2.05) is 0 Å². The van der Waals surface area contributed by atoms with Gasteiger partial charge in [0, 0.05) is 24.7 Å². The van der Waals surface area contributed by atoms with Gasteiger partial charge >= 0.3 is 11.9 Å². The highest BCUT2D eigenvalue weighted by molar-refractivity contribution is 7.91. The first-order valence-electron chi connectivity index (χ1n) is 43.3. The Labute approximate surface area is 812 Å². The van der Waals surface area contributed by atoms with Crippen molar-refractivity contribution in [1.29, 1.82) is 0 Å². The molecular weight excluding hydrogens is 1900 g/mol. The Bertz CT molecular complexity index is 7140. The van der Waals surface area contributed by atoms with Crippen molar-refractivity contribution in [1.82, 2.24) is 28.9 Å². The van der Waals surface area contributed by atoms with E-state index in [1.165, 1.54) is 142 Å². The lowest BCUT2D eigenvalue weighted by molar-refractivity contribution is -0.125. The van der Waals surface area contributed by atoms with Gasteiger partial charge in [-0.1, -0.05) is 156 Å². The Balaban J connectivity index is 0.000000168. The first-order chi connectivity index (χ1) is 66.1. The summed E-state index contributed by atoms with van der Waals surface area (Å²) in [6.07, 6.45) is 11.1. The van der Waals surface area contributed by atoms with Crippen LogP contribution in [0.25, 0.3) is 0 Å². The number of nitrogens with one attached hydrogen (secondary N) is 6. The number of ether oxygens (including phenoxy) is 7. The number of carboxylic acid groups (broad SMARTS) is 1. The Kier molecular flexibility index (Phi) is 32.7. The van der Waals surface area contributed by atoms with Crippen LogP contribution in [0, 0.1) is 56.7 Å². The number of methoxy groups -OCH3 is 1. The minimum Gasteiger partial charge on any atom is -0.508 e. The van der Waals surface area contributed by atoms with Gasteiger partial charge in [0.2, 0.25) is 29.5 Å². The molecule has 5 fully saturated rings. The molecule has 0 heterocycles. The second-order valence-electron chi connectivity index (χ2n) is 34.1. The third kappa shape index (κ3) is 25.3. The maximum Gasteiger partial charge on any atom is 0.338 e. The van der Waals surface area contributed by atoms with Crippen LogP contribution < -0.4 is 57.3 Å². The zero-order valence-corrected chi connectivity index (χ0v) is 81.4. The summed E-state index contributed by atoms with van der Waals surface area (Å²) < 4.78 is 177. The number of benzene rings is 10. The van der Waals surface area contributed by atoms with Crippen molar-refractivity contribution in [3.63, 3.8) is 0 Å². The van der Waals surface area contributed by atoms with Crippen LogP contribution in [0.2, 0.25) is 0 Å². The fourth-order valence-electron chi connectivity index (χ4n) is 14.5. The largest absolute Gasteiger partial charge is 0.508 e. The summed E-state index contributed by atoms with van der Waals surface area (Å²) in [5.41, 5.74) is -3.18. The van der Waals surface area contributed by atoms with Gasteiger partial charge in [0.15, 0.2) is 0 Å². The van der Waals surface area contributed by atoms with Gasteiger partial charge in [-0.05, 0) is 208 Å². The number of phenols is 1. The van der Waals surface area contributed by atoms with E-state index in [0.717, 1.165) is 0 Å². The number of hydrogen-bond acceptors (Lipinski definition) is 26. The molecule has 0 bridgehead atoms. The van der Waals surface area contributed by atoms with Gasteiger partial charge in [-0.25, -0.2) is 75.3 Å². The van der Waals surface area contributed by atoms with Crippen LogP contribution >= 0.6 is 0 Å². The van der Waals surface area contributed by atoms with Crippen LogP contribution in [0.3, 0.4) is 0 Å². The van der Waals surface area contributed by atoms with E-state index in [1.54, 1.807) is 187 Å². The highest BCUT2D eigenvalue weighted by atomic mass is 32.2. The number of allylic oxidation sites excluding steroid dienone is 5. The van der Waals surface area contributed by atoms with Crippen LogP contribution in [-0.4, -0.2) is 120 Å². The zero-order valence-electron chi connectivity index (χ0n) is 77.3. The molecule has 5 saturated carbocycles. The number of carbonyl (C=O) groups is 8. The van der Waals surface area contributed by atoms with Gasteiger partial charge in [0.1, 0.15) is 93.5 Å². The molecule has 33 nitrogen and oxygen atoms in total. The van der Waals surface area contributed by atoms with E-state index in [2.05, 4.69) is 61.8 Å². The van der Waals surface area contributed by atoms with Gasteiger partial charge in [0.25, 0.3) is 56.0 Å². The minimum absolute atomic E-state index is 0.00302. The molecule has 10 atom stereocenters. The molecule has 6 amide bonds. The molecule has 0 saturated heterocycles. The van der Waals surface area contributed by atoms with Crippen molar-refractivity contribution in [2.45, 2.75) is 98.1 Å². The van der Waals surface area contributed by atoms with E-state index in [0.29, 0.717) is 54.9 Å². The molecule has 0 aliphatic heterocycles. The topological polar surface area (TPSA) is 485 Å². The van der Waals surface area contributed by atoms with E-state index in [4.69, 9.17) is 38.3 Å².